The predicted molar refractivity (Wildman–Crippen MR) is 119 cm³/mol. The number of amides is 2. The highest BCUT2D eigenvalue weighted by Gasteiger charge is 2.51. The molecule has 3 aliphatic carbocycles. The number of ether oxygens (including phenoxy) is 1. The number of aromatic nitrogens is 1. The van der Waals surface area contributed by atoms with Crippen molar-refractivity contribution in [1.82, 2.24) is 4.98 Å². The summed E-state index contributed by atoms with van der Waals surface area (Å²) in [5.41, 5.74) is 11.0. The summed E-state index contributed by atoms with van der Waals surface area (Å²) in [6.45, 7) is 2.38. The smallest absolute Gasteiger partial charge is 0.354 e. The third-order valence-electron chi connectivity index (χ3n) is 6.77. The summed E-state index contributed by atoms with van der Waals surface area (Å²) < 4.78 is 22.6. The maximum absolute atomic E-state index is 13.1. The number of hydrogen-bond acceptors (Lipinski definition) is 6. The minimum Gasteiger partial charge on any atom is -0.474 e. The number of urea groups is 1. The first-order valence-electron chi connectivity index (χ1n) is 10.9. The van der Waals surface area contributed by atoms with Gasteiger partial charge in [-0.1, -0.05) is 0 Å². The normalized spacial score (nSPS) is 25.2. The van der Waals surface area contributed by atoms with Gasteiger partial charge in [-0.25, -0.2) is 14.1 Å². The van der Waals surface area contributed by atoms with E-state index in [-0.39, 0.29) is 22.3 Å². The first-order chi connectivity index (χ1) is 14.8. The zero-order chi connectivity index (χ0) is 21.8. The molecule has 1 aliphatic heterocycles. The number of hydrogen-bond donors (Lipinski definition) is 3. The SMILES string of the molecule is CC1CCN=C(/C(=C\N)S(N)(=O)=NC(=O)Nc2c3c(nc4c2CCC42CC2)CCC3)O1. The molecule has 0 radical (unpaired) electrons. The van der Waals surface area contributed by atoms with Crippen molar-refractivity contribution in [2.45, 2.75) is 69.8 Å². The minimum atomic E-state index is -3.63. The number of nitrogens with one attached hydrogen (secondary N) is 1. The Bertz CT molecular complexity index is 1140. The maximum atomic E-state index is 13.1. The number of rotatable bonds is 3. The quantitative estimate of drug-likeness (QED) is 0.655. The van der Waals surface area contributed by atoms with E-state index < -0.39 is 15.9 Å². The van der Waals surface area contributed by atoms with Crippen LogP contribution in [0.2, 0.25) is 0 Å². The Kier molecular flexibility index (Phi) is 4.82. The van der Waals surface area contributed by atoms with Crippen LogP contribution >= 0.6 is 0 Å². The van der Waals surface area contributed by atoms with Gasteiger partial charge in [-0.3, -0.25) is 9.98 Å². The highest BCUT2D eigenvalue weighted by Crippen LogP contribution is 2.58. The number of carbonyl (C=O) groups is 1. The average molecular weight is 445 g/mol. The first kappa shape index (κ1) is 20.4. The molecular formula is C21H28N6O3S. The second-order valence-corrected chi connectivity index (χ2v) is 10.7. The van der Waals surface area contributed by atoms with Gasteiger partial charge in [-0.2, -0.15) is 0 Å². The molecule has 1 fully saturated rings. The van der Waals surface area contributed by atoms with E-state index in [4.69, 9.17) is 20.6 Å². The van der Waals surface area contributed by atoms with E-state index in [1.54, 1.807) is 0 Å². The Labute approximate surface area is 182 Å². The van der Waals surface area contributed by atoms with Crippen LogP contribution in [0, 0.1) is 0 Å². The average Bonchev–Trinajstić information content (AvgIpc) is 3.18. The summed E-state index contributed by atoms with van der Waals surface area (Å²) in [6.07, 6.45) is 8.77. The van der Waals surface area contributed by atoms with Gasteiger partial charge in [0.1, 0.15) is 4.91 Å². The summed E-state index contributed by atoms with van der Waals surface area (Å²) in [5.74, 6) is 0.0895. The number of aryl methyl sites for hydroxylation is 1. The summed E-state index contributed by atoms with van der Waals surface area (Å²) in [6, 6.07) is -0.754. The van der Waals surface area contributed by atoms with Crippen molar-refractivity contribution in [1.29, 1.82) is 0 Å². The van der Waals surface area contributed by atoms with Gasteiger partial charge in [0, 0.05) is 30.3 Å². The zero-order valence-corrected chi connectivity index (χ0v) is 18.5. The second kappa shape index (κ2) is 7.30. The Hall–Kier alpha value is -2.46. The minimum absolute atomic E-state index is 0.0590. The van der Waals surface area contributed by atoms with Gasteiger partial charge in [-0.05, 0) is 63.0 Å². The van der Waals surface area contributed by atoms with Crippen LogP contribution in [0.15, 0.2) is 20.5 Å². The van der Waals surface area contributed by atoms with Crippen molar-refractivity contribution in [2.75, 3.05) is 11.9 Å². The number of nitrogens with two attached hydrogens (primary N) is 2. The van der Waals surface area contributed by atoms with E-state index in [1.807, 2.05) is 6.92 Å². The lowest BCUT2D eigenvalue weighted by Crippen LogP contribution is -2.30. The van der Waals surface area contributed by atoms with Crippen LogP contribution in [0.1, 0.15) is 61.5 Å². The molecule has 1 aromatic rings. The molecule has 1 saturated carbocycles. The van der Waals surface area contributed by atoms with Crippen molar-refractivity contribution in [3.8, 4) is 0 Å². The zero-order valence-electron chi connectivity index (χ0n) is 17.6. The van der Waals surface area contributed by atoms with Gasteiger partial charge >= 0.3 is 6.03 Å². The lowest BCUT2D eigenvalue weighted by molar-refractivity contribution is 0.187. The molecule has 10 heteroatoms. The molecule has 2 amide bonds. The number of carbonyl (C=O) groups excluding carboxylic acids is 1. The van der Waals surface area contributed by atoms with Gasteiger partial charge in [0.2, 0.25) is 5.90 Å². The van der Waals surface area contributed by atoms with Crippen LogP contribution in [0.4, 0.5) is 10.5 Å². The lowest BCUT2D eigenvalue weighted by atomic mass is 10.0. The summed E-state index contributed by atoms with van der Waals surface area (Å²) >= 11 is 0. The molecule has 0 bridgehead atoms. The molecule has 9 nitrogen and oxygen atoms in total. The molecule has 31 heavy (non-hydrogen) atoms. The van der Waals surface area contributed by atoms with E-state index >= 15 is 0 Å². The molecule has 1 spiro atoms. The van der Waals surface area contributed by atoms with E-state index in [0.717, 1.165) is 85.8 Å². The lowest BCUT2D eigenvalue weighted by Gasteiger charge is -2.22. The monoisotopic (exact) mass is 444 g/mol. The molecule has 2 atom stereocenters. The predicted octanol–water partition coefficient (Wildman–Crippen LogP) is 2.43. The summed E-state index contributed by atoms with van der Waals surface area (Å²) in [5, 5.41) is 8.86. The molecule has 4 aliphatic rings. The van der Waals surface area contributed by atoms with Gasteiger partial charge < -0.3 is 15.8 Å². The topological polar surface area (TPSA) is 145 Å². The molecule has 1 aromatic heterocycles. The highest BCUT2D eigenvalue weighted by molar-refractivity contribution is 7.96. The molecule has 2 unspecified atom stereocenters. The summed E-state index contributed by atoms with van der Waals surface area (Å²) in [7, 11) is -3.63. The summed E-state index contributed by atoms with van der Waals surface area (Å²) in [4.78, 5) is 22.0. The van der Waals surface area contributed by atoms with E-state index in [2.05, 4.69) is 14.7 Å². The highest BCUT2D eigenvalue weighted by atomic mass is 32.2. The molecule has 2 heterocycles. The fourth-order valence-electron chi connectivity index (χ4n) is 4.94. The van der Waals surface area contributed by atoms with Crippen molar-refractivity contribution >= 4 is 27.5 Å². The van der Waals surface area contributed by atoms with Crippen LogP contribution in [0.25, 0.3) is 0 Å². The van der Waals surface area contributed by atoms with Crippen LogP contribution in [-0.2, 0) is 39.3 Å². The first-order valence-corrected chi connectivity index (χ1v) is 12.5. The van der Waals surface area contributed by atoms with Gasteiger partial charge in [0.25, 0.3) is 0 Å². The fourth-order valence-corrected chi connectivity index (χ4v) is 5.89. The Morgan fingerprint density at radius 1 is 1.29 bits per heavy atom. The third kappa shape index (κ3) is 3.51. The van der Waals surface area contributed by atoms with E-state index in [1.165, 1.54) is 0 Å². The Morgan fingerprint density at radius 2 is 2.10 bits per heavy atom. The van der Waals surface area contributed by atoms with Crippen LogP contribution < -0.4 is 16.2 Å². The number of pyridine rings is 1. The van der Waals surface area contributed by atoms with Gasteiger partial charge in [0.15, 0.2) is 9.92 Å². The number of anilines is 1. The molecule has 0 aromatic carbocycles. The largest absolute Gasteiger partial charge is 0.474 e. The third-order valence-corrected chi connectivity index (χ3v) is 8.14. The van der Waals surface area contributed by atoms with Crippen molar-refractivity contribution in [2.24, 2.45) is 20.2 Å². The van der Waals surface area contributed by atoms with Crippen LogP contribution in [-0.4, -0.2) is 33.8 Å². The standard InChI is InChI=1S/C21H28N6O3S/c1-12-6-10-24-19(30-12)16(11-22)31(23,29)27-20(28)26-17-13-3-2-4-15(13)25-18-14(17)5-7-21(18)8-9-21/h11-12H,2-10,22H2,1H3,(H3,23,25,26,27,28,29)/b16-11+. The Morgan fingerprint density at radius 3 is 2.81 bits per heavy atom. The van der Waals surface area contributed by atoms with Gasteiger partial charge in [-0.15, -0.1) is 4.36 Å². The maximum Gasteiger partial charge on any atom is 0.354 e. The van der Waals surface area contributed by atoms with Crippen molar-refractivity contribution in [3.63, 3.8) is 0 Å². The molecular weight excluding hydrogens is 416 g/mol. The number of nitrogens with zero attached hydrogens (tertiary/aromatic N) is 3. The number of fused-ring (bicyclic) bond motifs is 3. The molecule has 166 valence electrons. The fraction of sp³-hybridized carbons (Fsp3) is 0.571. The van der Waals surface area contributed by atoms with E-state index in [0.29, 0.717) is 6.54 Å². The van der Waals surface area contributed by atoms with E-state index in [9.17, 15) is 9.00 Å². The number of aliphatic imine (C=N–C) groups is 1. The van der Waals surface area contributed by atoms with Gasteiger partial charge in [0.05, 0.1) is 17.5 Å². The van der Waals surface area contributed by atoms with Crippen molar-refractivity contribution in [3.05, 3.63) is 33.6 Å². The molecule has 5 rings (SSSR count). The Balaban J connectivity index is 1.47. The van der Waals surface area contributed by atoms with Crippen LogP contribution in [0.5, 0.6) is 0 Å². The molecule has 5 N–H and O–H groups in total. The van der Waals surface area contributed by atoms with Crippen molar-refractivity contribution < 1.29 is 13.7 Å². The molecule has 0 saturated heterocycles. The second-order valence-electron chi connectivity index (χ2n) is 8.90. The van der Waals surface area contributed by atoms with Crippen LogP contribution in [0.3, 0.4) is 0 Å².